The van der Waals surface area contributed by atoms with Crippen LogP contribution in [0.3, 0.4) is 0 Å². The third-order valence-electron chi connectivity index (χ3n) is 2.68. The molecule has 2 nitrogen and oxygen atoms in total. The normalized spacial score (nSPS) is 10.9. The predicted molar refractivity (Wildman–Crippen MR) is 74.1 cm³/mol. The van der Waals surface area contributed by atoms with Gasteiger partial charge in [-0.25, -0.2) is 4.98 Å². The number of pyridine rings is 1. The zero-order valence-electron chi connectivity index (χ0n) is 11.1. The van der Waals surface area contributed by atoms with Crippen molar-refractivity contribution in [3.05, 3.63) is 23.9 Å². The summed E-state index contributed by atoms with van der Waals surface area (Å²) in [5.41, 5.74) is 1.42. The number of unbranched alkanes of at least 4 members (excludes halogenated alkanes) is 2. The highest BCUT2D eigenvalue weighted by atomic mass is 15.0. The Morgan fingerprint density at radius 2 is 2.06 bits per heavy atom. The molecule has 0 spiro atoms. The minimum absolute atomic E-state index is 0.165. The summed E-state index contributed by atoms with van der Waals surface area (Å²) < 4.78 is 0. The third-order valence-corrected chi connectivity index (χ3v) is 2.68. The van der Waals surface area contributed by atoms with E-state index in [1.165, 1.54) is 5.56 Å². The molecule has 92 valence electrons. The van der Waals surface area contributed by atoms with E-state index in [-0.39, 0.29) is 5.41 Å². The van der Waals surface area contributed by atoms with E-state index >= 15 is 0 Å². The van der Waals surface area contributed by atoms with Crippen LogP contribution in [0.1, 0.15) is 45.6 Å². The van der Waals surface area contributed by atoms with Gasteiger partial charge < -0.3 is 5.32 Å². The van der Waals surface area contributed by atoms with Crippen molar-refractivity contribution in [1.82, 2.24) is 4.98 Å². The summed E-state index contributed by atoms with van der Waals surface area (Å²) in [6.45, 7) is 7.51. The molecule has 0 atom stereocenters. The second kappa shape index (κ2) is 6.30. The lowest BCUT2D eigenvalue weighted by atomic mass is 9.88. The lowest BCUT2D eigenvalue weighted by Gasteiger charge is -2.18. The molecule has 2 heteroatoms. The third kappa shape index (κ3) is 4.91. The second-order valence-corrected chi connectivity index (χ2v) is 5.27. The molecule has 0 aromatic carbocycles. The first-order valence-electron chi connectivity index (χ1n) is 6.18. The molecule has 0 saturated carbocycles. The van der Waals surface area contributed by atoms with Crippen molar-refractivity contribution in [3.8, 4) is 12.3 Å². The molecule has 0 aliphatic rings. The van der Waals surface area contributed by atoms with Crippen molar-refractivity contribution < 1.29 is 0 Å². The van der Waals surface area contributed by atoms with Crippen molar-refractivity contribution in [2.75, 3.05) is 11.9 Å². The molecule has 0 unspecified atom stereocenters. The van der Waals surface area contributed by atoms with Gasteiger partial charge in [0.15, 0.2) is 0 Å². The van der Waals surface area contributed by atoms with E-state index in [4.69, 9.17) is 6.42 Å². The van der Waals surface area contributed by atoms with E-state index in [1.54, 1.807) is 0 Å². The molecule has 0 radical (unpaired) electrons. The maximum atomic E-state index is 5.20. The van der Waals surface area contributed by atoms with Crippen molar-refractivity contribution >= 4 is 5.82 Å². The number of terminal acetylenes is 1. The van der Waals surface area contributed by atoms with Gasteiger partial charge in [-0.2, -0.15) is 0 Å². The molecule has 17 heavy (non-hydrogen) atoms. The van der Waals surface area contributed by atoms with E-state index in [0.717, 1.165) is 31.6 Å². The van der Waals surface area contributed by atoms with Crippen LogP contribution in [-0.4, -0.2) is 11.5 Å². The van der Waals surface area contributed by atoms with Crippen LogP contribution in [0, 0.1) is 12.3 Å². The smallest absolute Gasteiger partial charge is 0.125 e. The predicted octanol–water partition coefficient (Wildman–Crippen LogP) is 3.59. The Labute approximate surface area is 105 Å². The Morgan fingerprint density at radius 3 is 2.59 bits per heavy atom. The lowest BCUT2D eigenvalue weighted by Crippen LogP contribution is -2.12. The van der Waals surface area contributed by atoms with Crippen LogP contribution in [0.5, 0.6) is 0 Å². The standard InChI is InChI=1S/C15H22N2/c1-5-6-7-8-11-16-14-10-9-13(12-17-14)15(2,3)4/h1,9-10,12H,6-8,11H2,2-4H3,(H,16,17). The van der Waals surface area contributed by atoms with Crippen molar-refractivity contribution in [1.29, 1.82) is 0 Å². The summed E-state index contributed by atoms with van der Waals surface area (Å²) in [6, 6.07) is 4.18. The molecule has 0 saturated heterocycles. The van der Waals surface area contributed by atoms with E-state index in [1.807, 2.05) is 12.3 Å². The highest BCUT2D eigenvalue weighted by Gasteiger charge is 2.13. The maximum Gasteiger partial charge on any atom is 0.125 e. The molecule has 0 aliphatic heterocycles. The van der Waals surface area contributed by atoms with E-state index in [2.05, 4.69) is 43.1 Å². The summed E-state index contributed by atoms with van der Waals surface area (Å²) >= 11 is 0. The molecule has 1 aromatic heterocycles. The molecule has 1 rings (SSSR count). The van der Waals surface area contributed by atoms with E-state index < -0.39 is 0 Å². The Morgan fingerprint density at radius 1 is 1.29 bits per heavy atom. The zero-order valence-corrected chi connectivity index (χ0v) is 11.1. The number of aromatic nitrogens is 1. The van der Waals surface area contributed by atoms with Crippen LogP contribution in [-0.2, 0) is 5.41 Å². The summed E-state index contributed by atoms with van der Waals surface area (Å²) in [6.07, 6.45) is 10.2. The van der Waals surface area contributed by atoms with Gasteiger partial charge in [0, 0.05) is 19.2 Å². The topological polar surface area (TPSA) is 24.9 Å². The molecule has 0 amide bonds. The number of hydrogen-bond acceptors (Lipinski definition) is 2. The molecule has 0 bridgehead atoms. The quantitative estimate of drug-likeness (QED) is 0.617. The minimum Gasteiger partial charge on any atom is -0.370 e. The summed E-state index contributed by atoms with van der Waals surface area (Å²) in [4.78, 5) is 4.41. The van der Waals surface area contributed by atoms with Gasteiger partial charge in [-0.15, -0.1) is 12.3 Å². The average molecular weight is 230 g/mol. The van der Waals surface area contributed by atoms with Crippen LogP contribution in [0.15, 0.2) is 18.3 Å². The molecule has 0 aliphatic carbocycles. The lowest BCUT2D eigenvalue weighted by molar-refractivity contribution is 0.587. The largest absolute Gasteiger partial charge is 0.370 e. The highest BCUT2D eigenvalue weighted by Crippen LogP contribution is 2.21. The number of hydrogen-bond donors (Lipinski definition) is 1. The SMILES string of the molecule is C#CCCCCNc1ccc(C(C)(C)C)cn1. The van der Waals surface area contributed by atoms with Gasteiger partial charge in [0.2, 0.25) is 0 Å². The van der Waals surface area contributed by atoms with Gasteiger partial charge in [-0.1, -0.05) is 26.8 Å². The first-order valence-corrected chi connectivity index (χ1v) is 6.18. The van der Waals surface area contributed by atoms with Gasteiger partial charge in [-0.3, -0.25) is 0 Å². The Balaban J connectivity index is 2.39. The number of rotatable bonds is 5. The Kier molecular flexibility index (Phi) is 5.03. The second-order valence-electron chi connectivity index (χ2n) is 5.27. The van der Waals surface area contributed by atoms with Gasteiger partial charge in [-0.05, 0) is 29.9 Å². The first-order chi connectivity index (χ1) is 8.04. The first kappa shape index (κ1) is 13.6. The molecule has 1 heterocycles. The number of anilines is 1. The van der Waals surface area contributed by atoms with Crippen LogP contribution in [0.25, 0.3) is 0 Å². The van der Waals surface area contributed by atoms with Crippen LogP contribution >= 0.6 is 0 Å². The zero-order chi connectivity index (χ0) is 12.7. The fourth-order valence-electron chi connectivity index (χ4n) is 1.51. The minimum atomic E-state index is 0.165. The van der Waals surface area contributed by atoms with Crippen LogP contribution in [0.4, 0.5) is 5.82 Å². The highest BCUT2D eigenvalue weighted by molar-refractivity contribution is 5.36. The summed E-state index contributed by atoms with van der Waals surface area (Å²) in [7, 11) is 0. The number of nitrogens with one attached hydrogen (secondary N) is 1. The monoisotopic (exact) mass is 230 g/mol. The number of nitrogens with zero attached hydrogens (tertiary/aromatic N) is 1. The van der Waals surface area contributed by atoms with E-state index in [9.17, 15) is 0 Å². The average Bonchev–Trinajstić information content (AvgIpc) is 2.28. The fourth-order valence-corrected chi connectivity index (χ4v) is 1.51. The van der Waals surface area contributed by atoms with Crippen LogP contribution < -0.4 is 5.32 Å². The van der Waals surface area contributed by atoms with Crippen molar-refractivity contribution in [2.24, 2.45) is 0 Å². The van der Waals surface area contributed by atoms with Crippen molar-refractivity contribution in [2.45, 2.75) is 45.4 Å². The van der Waals surface area contributed by atoms with Gasteiger partial charge in [0.1, 0.15) is 5.82 Å². The summed E-state index contributed by atoms with van der Waals surface area (Å²) in [5.74, 6) is 3.59. The van der Waals surface area contributed by atoms with Gasteiger partial charge in [0.05, 0.1) is 0 Å². The molecular weight excluding hydrogens is 208 g/mol. The van der Waals surface area contributed by atoms with Crippen molar-refractivity contribution in [3.63, 3.8) is 0 Å². The van der Waals surface area contributed by atoms with Gasteiger partial charge in [0.25, 0.3) is 0 Å². The maximum absolute atomic E-state index is 5.20. The summed E-state index contributed by atoms with van der Waals surface area (Å²) in [5, 5.41) is 3.30. The molecule has 1 aromatic rings. The molecular formula is C15H22N2. The molecule has 0 fully saturated rings. The molecule has 1 N–H and O–H groups in total. The van der Waals surface area contributed by atoms with Gasteiger partial charge >= 0.3 is 0 Å². The fraction of sp³-hybridized carbons (Fsp3) is 0.533. The van der Waals surface area contributed by atoms with E-state index in [0.29, 0.717) is 0 Å². The Bertz CT molecular complexity index is 365. The van der Waals surface area contributed by atoms with Crippen LogP contribution in [0.2, 0.25) is 0 Å². The Hall–Kier alpha value is -1.49.